The maximum Gasteiger partial charge on any atom is 0.0416 e. The minimum absolute atomic E-state index is 0.286. The van der Waals surface area contributed by atoms with Crippen molar-refractivity contribution in [2.45, 2.75) is 25.3 Å². The summed E-state index contributed by atoms with van der Waals surface area (Å²) in [4.78, 5) is 4.31. The van der Waals surface area contributed by atoms with Gasteiger partial charge in [-0.05, 0) is 32.0 Å². The number of aromatic nitrogens is 1. The molecule has 1 atom stereocenters. The van der Waals surface area contributed by atoms with Crippen molar-refractivity contribution in [3.63, 3.8) is 0 Å². The number of hydrogen-bond donors (Lipinski definition) is 2. The van der Waals surface area contributed by atoms with Gasteiger partial charge in [0.1, 0.15) is 0 Å². The third kappa shape index (κ3) is 3.01. The molecular weight excluding hydrogens is 186 g/mol. The SMILES string of the molecule is CC1(NCCc2ccccn2)CCNC1. The van der Waals surface area contributed by atoms with Crippen molar-refractivity contribution in [3.05, 3.63) is 30.1 Å². The van der Waals surface area contributed by atoms with Gasteiger partial charge in [0.2, 0.25) is 0 Å². The van der Waals surface area contributed by atoms with Gasteiger partial charge in [-0.1, -0.05) is 6.07 Å². The Morgan fingerprint density at radius 3 is 3.13 bits per heavy atom. The molecule has 1 aromatic heterocycles. The fourth-order valence-corrected chi connectivity index (χ4v) is 2.01. The first-order chi connectivity index (χ1) is 7.29. The Labute approximate surface area is 91.3 Å². The maximum atomic E-state index is 4.31. The second-order valence-corrected chi connectivity index (χ2v) is 4.49. The zero-order chi connectivity index (χ0) is 10.6. The predicted octanol–water partition coefficient (Wildman–Crippen LogP) is 0.966. The van der Waals surface area contributed by atoms with Crippen LogP contribution >= 0.6 is 0 Å². The highest BCUT2D eigenvalue weighted by molar-refractivity contribution is 5.04. The molecule has 0 aliphatic carbocycles. The van der Waals surface area contributed by atoms with E-state index in [-0.39, 0.29) is 5.54 Å². The molecule has 1 unspecified atom stereocenters. The summed E-state index contributed by atoms with van der Waals surface area (Å²) in [7, 11) is 0. The molecular formula is C12H19N3. The topological polar surface area (TPSA) is 37.0 Å². The summed E-state index contributed by atoms with van der Waals surface area (Å²) in [5.41, 5.74) is 1.45. The predicted molar refractivity (Wildman–Crippen MR) is 61.8 cm³/mol. The second kappa shape index (κ2) is 4.73. The van der Waals surface area contributed by atoms with E-state index in [1.807, 2.05) is 18.3 Å². The molecule has 2 N–H and O–H groups in total. The van der Waals surface area contributed by atoms with Gasteiger partial charge in [-0.25, -0.2) is 0 Å². The molecule has 0 spiro atoms. The van der Waals surface area contributed by atoms with Crippen molar-refractivity contribution in [3.8, 4) is 0 Å². The highest BCUT2D eigenvalue weighted by Gasteiger charge is 2.26. The third-order valence-corrected chi connectivity index (χ3v) is 3.03. The fourth-order valence-electron chi connectivity index (χ4n) is 2.01. The van der Waals surface area contributed by atoms with Crippen molar-refractivity contribution in [1.29, 1.82) is 0 Å². The average Bonchev–Trinajstić information content (AvgIpc) is 2.67. The van der Waals surface area contributed by atoms with E-state index < -0.39 is 0 Å². The van der Waals surface area contributed by atoms with Crippen LogP contribution < -0.4 is 10.6 Å². The number of nitrogens with one attached hydrogen (secondary N) is 2. The Morgan fingerprint density at radius 2 is 2.47 bits per heavy atom. The van der Waals surface area contributed by atoms with E-state index in [0.717, 1.165) is 26.1 Å². The van der Waals surface area contributed by atoms with E-state index in [9.17, 15) is 0 Å². The Bertz CT molecular complexity index is 291. The summed E-state index contributed by atoms with van der Waals surface area (Å²) >= 11 is 0. The fraction of sp³-hybridized carbons (Fsp3) is 0.583. The van der Waals surface area contributed by atoms with Crippen LogP contribution in [0.25, 0.3) is 0 Å². The molecule has 1 aromatic rings. The first-order valence-electron chi connectivity index (χ1n) is 5.64. The van der Waals surface area contributed by atoms with Crippen molar-refractivity contribution in [2.75, 3.05) is 19.6 Å². The second-order valence-electron chi connectivity index (χ2n) is 4.49. The Hall–Kier alpha value is -0.930. The number of rotatable bonds is 4. The van der Waals surface area contributed by atoms with Gasteiger partial charge in [0.05, 0.1) is 0 Å². The van der Waals surface area contributed by atoms with E-state index in [1.165, 1.54) is 12.1 Å². The van der Waals surface area contributed by atoms with Crippen LogP contribution in [0.4, 0.5) is 0 Å². The largest absolute Gasteiger partial charge is 0.315 e. The molecule has 1 fully saturated rings. The standard InChI is InChI=1S/C12H19N3/c1-12(6-9-13-10-12)15-8-5-11-4-2-3-7-14-11/h2-4,7,13,15H,5-6,8-10H2,1H3. The first-order valence-corrected chi connectivity index (χ1v) is 5.64. The Kier molecular flexibility index (Phi) is 3.34. The lowest BCUT2D eigenvalue weighted by Crippen LogP contribution is -2.45. The van der Waals surface area contributed by atoms with Crippen molar-refractivity contribution < 1.29 is 0 Å². The van der Waals surface area contributed by atoms with Gasteiger partial charge in [0.25, 0.3) is 0 Å². The van der Waals surface area contributed by atoms with E-state index in [0.29, 0.717) is 0 Å². The monoisotopic (exact) mass is 205 g/mol. The summed E-state index contributed by atoms with van der Waals surface area (Å²) in [6, 6.07) is 6.08. The molecule has 2 heterocycles. The third-order valence-electron chi connectivity index (χ3n) is 3.03. The molecule has 0 saturated carbocycles. The smallest absolute Gasteiger partial charge is 0.0416 e. The van der Waals surface area contributed by atoms with E-state index in [1.54, 1.807) is 0 Å². The van der Waals surface area contributed by atoms with Crippen molar-refractivity contribution in [1.82, 2.24) is 15.6 Å². The van der Waals surface area contributed by atoms with Crippen LogP contribution in [0.15, 0.2) is 24.4 Å². The highest BCUT2D eigenvalue weighted by Crippen LogP contribution is 2.12. The molecule has 1 aliphatic heterocycles. The van der Waals surface area contributed by atoms with Gasteiger partial charge in [-0.2, -0.15) is 0 Å². The quantitative estimate of drug-likeness (QED) is 0.769. The molecule has 2 rings (SSSR count). The van der Waals surface area contributed by atoms with Gasteiger partial charge in [-0.15, -0.1) is 0 Å². The minimum atomic E-state index is 0.286. The number of nitrogens with zero attached hydrogens (tertiary/aromatic N) is 1. The van der Waals surface area contributed by atoms with E-state index in [4.69, 9.17) is 0 Å². The number of pyridine rings is 1. The lowest BCUT2D eigenvalue weighted by atomic mass is 10.0. The molecule has 15 heavy (non-hydrogen) atoms. The van der Waals surface area contributed by atoms with Crippen LogP contribution in [-0.4, -0.2) is 30.2 Å². The lowest BCUT2D eigenvalue weighted by Gasteiger charge is -2.24. The van der Waals surface area contributed by atoms with Crippen LogP contribution in [0.5, 0.6) is 0 Å². The lowest BCUT2D eigenvalue weighted by molar-refractivity contribution is 0.390. The van der Waals surface area contributed by atoms with Gasteiger partial charge >= 0.3 is 0 Å². The zero-order valence-corrected chi connectivity index (χ0v) is 9.29. The summed E-state index contributed by atoms with van der Waals surface area (Å²) in [6.07, 6.45) is 4.08. The molecule has 3 nitrogen and oxygen atoms in total. The van der Waals surface area contributed by atoms with Gasteiger partial charge in [0.15, 0.2) is 0 Å². The van der Waals surface area contributed by atoms with Gasteiger partial charge in [0, 0.05) is 36.9 Å². The summed E-state index contributed by atoms with van der Waals surface area (Å²) in [5, 5.41) is 6.99. The van der Waals surface area contributed by atoms with Crippen LogP contribution in [0, 0.1) is 0 Å². The molecule has 3 heteroatoms. The normalized spacial score (nSPS) is 25.7. The van der Waals surface area contributed by atoms with Gasteiger partial charge in [-0.3, -0.25) is 4.98 Å². The highest BCUT2D eigenvalue weighted by atomic mass is 15.1. The van der Waals surface area contributed by atoms with Crippen molar-refractivity contribution >= 4 is 0 Å². The van der Waals surface area contributed by atoms with Crippen LogP contribution in [0.2, 0.25) is 0 Å². The number of hydrogen-bond acceptors (Lipinski definition) is 3. The van der Waals surface area contributed by atoms with Crippen LogP contribution in [-0.2, 0) is 6.42 Å². The van der Waals surface area contributed by atoms with Crippen LogP contribution in [0.1, 0.15) is 19.0 Å². The Morgan fingerprint density at radius 1 is 1.53 bits per heavy atom. The molecule has 0 radical (unpaired) electrons. The Balaban J connectivity index is 1.75. The summed E-state index contributed by atoms with van der Waals surface area (Å²) < 4.78 is 0. The molecule has 0 aromatic carbocycles. The van der Waals surface area contributed by atoms with E-state index in [2.05, 4.69) is 28.6 Å². The minimum Gasteiger partial charge on any atom is -0.315 e. The molecule has 82 valence electrons. The first kappa shape index (κ1) is 10.6. The molecule has 0 bridgehead atoms. The summed E-state index contributed by atoms with van der Waals surface area (Å²) in [5.74, 6) is 0. The zero-order valence-electron chi connectivity index (χ0n) is 9.29. The molecule has 1 saturated heterocycles. The molecule has 1 aliphatic rings. The maximum absolute atomic E-state index is 4.31. The van der Waals surface area contributed by atoms with Crippen molar-refractivity contribution in [2.24, 2.45) is 0 Å². The molecule has 0 amide bonds. The van der Waals surface area contributed by atoms with E-state index >= 15 is 0 Å². The van der Waals surface area contributed by atoms with Crippen LogP contribution in [0.3, 0.4) is 0 Å². The average molecular weight is 205 g/mol. The van der Waals surface area contributed by atoms with Gasteiger partial charge < -0.3 is 10.6 Å². The summed E-state index contributed by atoms with van der Waals surface area (Å²) in [6.45, 7) is 5.50.